The van der Waals surface area contributed by atoms with E-state index in [1.165, 1.54) is 16.0 Å². The highest BCUT2D eigenvalue weighted by Crippen LogP contribution is 2.33. The lowest BCUT2D eigenvalue weighted by Crippen LogP contribution is -2.42. The summed E-state index contributed by atoms with van der Waals surface area (Å²) in [6.45, 7) is 2.42. The molecule has 5 heterocycles. The van der Waals surface area contributed by atoms with Gasteiger partial charge in [0.25, 0.3) is 0 Å². The number of carbonyl (C=O) groups is 2. The number of pyridine rings is 1. The Morgan fingerprint density at radius 1 is 1.12 bits per heavy atom. The number of halogens is 1. The van der Waals surface area contributed by atoms with Crippen LogP contribution in [0.4, 0.5) is 21.0 Å². The molecular formula is C21H23FN6O4. The molecule has 3 fully saturated rings. The summed E-state index contributed by atoms with van der Waals surface area (Å²) in [6.07, 6.45) is 5.77. The first-order valence-electron chi connectivity index (χ1n) is 10.7. The first-order valence-corrected chi connectivity index (χ1v) is 10.7. The second-order valence-electron chi connectivity index (χ2n) is 7.98. The molecule has 0 aromatic carbocycles. The van der Waals surface area contributed by atoms with E-state index in [0.29, 0.717) is 69.4 Å². The minimum atomic E-state index is -0.431. The van der Waals surface area contributed by atoms with Gasteiger partial charge in [0.15, 0.2) is 0 Å². The summed E-state index contributed by atoms with van der Waals surface area (Å²) < 4.78 is 18.6. The maximum atomic E-state index is 13.6. The summed E-state index contributed by atoms with van der Waals surface area (Å²) in [5.41, 5.74) is 0.638. The Morgan fingerprint density at radius 2 is 1.97 bits per heavy atom. The fourth-order valence-electron chi connectivity index (χ4n) is 4.35. The summed E-state index contributed by atoms with van der Waals surface area (Å²) in [4.78, 5) is 46.8. The quantitative estimate of drug-likeness (QED) is 0.710. The molecule has 0 saturated carbocycles. The lowest BCUT2D eigenvalue weighted by molar-refractivity contribution is -0.182. The zero-order valence-corrected chi connectivity index (χ0v) is 17.4. The molecule has 11 heteroatoms. The Kier molecular flexibility index (Phi) is 5.56. The minimum absolute atomic E-state index is 0.0918. The summed E-state index contributed by atoms with van der Waals surface area (Å²) >= 11 is 0. The van der Waals surface area contributed by atoms with Gasteiger partial charge in [-0.05, 0) is 30.5 Å². The number of hydrogen-bond donors (Lipinski definition) is 0. The number of amides is 2. The van der Waals surface area contributed by atoms with Crippen LogP contribution < -0.4 is 9.80 Å². The van der Waals surface area contributed by atoms with Crippen LogP contribution in [-0.2, 0) is 14.4 Å². The molecule has 0 bridgehead atoms. The van der Waals surface area contributed by atoms with Gasteiger partial charge in [-0.3, -0.25) is 19.5 Å². The third-order valence-corrected chi connectivity index (χ3v) is 6.03. The first kappa shape index (κ1) is 20.6. The molecular weight excluding hydrogens is 419 g/mol. The Morgan fingerprint density at radius 3 is 2.72 bits per heavy atom. The third kappa shape index (κ3) is 3.95. The van der Waals surface area contributed by atoms with Crippen LogP contribution in [0.3, 0.4) is 0 Å². The lowest BCUT2D eigenvalue weighted by atomic mass is 9.95. The van der Waals surface area contributed by atoms with Crippen molar-refractivity contribution in [3.63, 3.8) is 0 Å². The van der Waals surface area contributed by atoms with E-state index in [9.17, 15) is 14.0 Å². The van der Waals surface area contributed by atoms with Crippen LogP contribution in [0, 0.1) is 11.7 Å². The van der Waals surface area contributed by atoms with Crippen LogP contribution in [-0.4, -0.2) is 64.9 Å². The van der Waals surface area contributed by atoms with E-state index in [1.54, 1.807) is 18.5 Å². The van der Waals surface area contributed by atoms with Gasteiger partial charge in [0.1, 0.15) is 18.2 Å². The number of hydroxylamine groups is 2. The van der Waals surface area contributed by atoms with Crippen molar-refractivity contribution < 1.29 is 23.6 Å². The van der Waals surface area contributed by atoms with Crippen molar-refractivity contribution in [1.82, 2.24) is 20.0 Å². The summed E-state index contributed by atoms with van der Waals surface area (Å²) in [5, 5.41) is 1.40. The Labute approximate surface area is 183 Å². The number of piperidine rings is 1. The average Bonchev–Trinajstić information content (AvgIpc) is 3.48. The first-order chi connectivity index (χ1) is 15.6. The van der Waals surface area contributed by atoms with E-state index in [2.05, 4.69) is 15.0 Å². The number of nitrogens with zero attached hydrogens (tertiary/aromatic N) is 6. The van der Waals surface area contributed by atoms with Crippen LogP contribution in [0.15, 0.2) is 30.7 Å². The Hall–Kier alpha value is -3.34. The fraction of sp³-hybridized carbons (Fsp3) is 0.476. The Balaban J connectivity index is 1.23. The van der Waals surface area contributed by atoms with E-state index in [4.69, 9.17) is 9.57 Å². The number of aromatic nitrogens is 3. The van der Waals surface area contributed by atoms with Crippen LogP contribution in [0.2, 0.25) is 0 Å². The summed E-state index contributed by atoms with van der Waals surface area (Å²) in [6, 6.07) is 2.75. The second kappa shape index (κ2) is 8.65. The topological polar surface area (TPSA) is 101 Å². The van der Waals surface area contributed by atoms with Gasteiger partial charge in [0.05, 0.1) is 25.4 Å². The highest BCUT2D eigenvalue weighted by Gasteiger charge is 2.37. The monoisotopic (exact) mass is 442 g/mol. The molecule has 0 unspecified atom stereocenters. The highest BCUT2D eigenvalue weighted by molar-refractivity contribution is 5.88. The maximum Gasteiger partial charge on any atom is 0.415 e. The molecule has 168 valence electrons. The molecule has 32 heavy (non-hydrogen) atoms. The zero-order valence-electron chi connectivity index (χ0n) is 17.4. The molecule has 1 atom stereocenters. The molecule has 0 aliphatic carbocycles. The molecule has 5 rings (SSSR count). The largest absolute Gasteiger partial charge is 0.447 e. The number of hydrogen-bond acceptors (Lipinski definition) is 8. The number of carbonyl (C=O) groups excluding carboxylic acids is 2. The van der Waals surface area contributed by atoms with Gasteiger partial charge >= 0.3 is 6.09 Å². The van der Waals surface area contributed by atoms with Gasteiger partial charge in [-0.15, -0.1) is 0 Å². The smallest absolute Gasteiger partial charge is 0.415 e. The maximum absolute atomic E-state index is 13.6. The number of rotatable bonds is 4. The lowest BCUT2D eigenvalue weighted by Gasteiger charge is -2.34. The van der Waals surface area contributed by atoms with Crippen molar-refractivity contribution in [3.8, 4) is 0 Å². The Bertz CT molecular complexity index is 1020. The standard InChI is InChI=1S/C21H23FN6O4/c22-16-11-15(12-23-13-16)17-4-9-32-28(17)19(29)14-2-6-26(7-3-14)20-24-5-1-18(25-20)27-8-10-31-21(27)30/h1,5,11-14,17H,2-4,6-10H2/t17-/m0/s1. The molecule has 3 aliphatic rings. The van der Waals surface area contributed by atoms with Crippen LogP contribution in [0.1, 0.15) is 30.9 Å². The molecule has 0 spiro atoms. The zero-order chi connectivity index (χ0) is 22.1. The SMILES string of the molecule is O=C1OCCN1c1ccnc(N2CCC(C(=O)N3OCC[C@H]3c3cncc(F)c3)CC2)n1. The molecule has 3 saturated heterocycles. The van der Waals surface area contributed by atoms with E-state index in [-0.39, 0.29) is 17.9 Å². The van der Waals surface area contributed by atoms with Crippen LogP contribution in [0.5, 0.6) is 0 Å². The average molecular weight is 442 g/mol. The predicted molar refractivity (Wildman–Crippen MR) is 110 cm³/mol. The predicted octanol–water partition coefficient (Wildman–Crippen LogP) is 2.09. The van der Waals surface area contributed by atoms with Gasteiger partial charge in [-0.1, -0.05) is 0 Å². The number of cyclic esters (lactones) is 1. The molecule has 0 N–H and O–H groups in total. The third-order valence-electron chi connectivity index (χ3n) is 6.03. The van der Waals surface area contributed by atoms with Crippen molar-refractivity contribution in [1.29, 1.82) is 0 Å². The second-order valence-corrected chi connectivity index (χ2v) is 7.98. The molecule has 3 aliphatic heterocycles. The molecule has 10 nitrogen and oxygen atoms in total. The number of anilines is 2. The van der Waals surface area contributed by atoms with Crippen molar-refractivity contribution >= 4 is 23.8 Å². The highest BCUT2D eigenvalue weighted by atomic mass is 19.1. The summed E-state index contributed by atoms with van der Waals surface area (Å²) in [5.74, 6) is 0.303. The van der Waals surface area contributed by atoms with Crippen molar-refractivity contribution in [2.45, 2.75) is 25.3 Å². The van der Waals surface area contributed by atoms with Gasteiger partial charge in [-0.25, -0.2) is 19.2 Å². The molecule has 0 radical (unpaired) electrons. The van der Waals surface area contributed by atoms with E-state index >= 15 is 0 Å². The van der Waals surface area contributed by atoms with Gasteiger partial charge in [0, 0.05) is 37.8 Å². The van der Waals surface area contributed by atoms with E-state index in [0.717, 1.165) is 6.20 Å². The van der Waals surface area contributed by atoms with Gasteiger partial charge in [0.2, 0.25) is 11.9 Å². The van der Waals surface area contributed by atoms with E-state index in [1.807, 2.05) is 4.90 Å². The van der Waals surface area contributed by atoms with Crippen molar-refractivity contribution in [3.05, 3.63) is 42.1 Å². The molecule has 2 aromatic rings. The van der Waals surface area contributed by atoms with Gasteiger partial charge < -0.3 is 9.64 Å². The number of ether oxygens (including phenoxy) is 1. The molecule has 2 aromatic heterocycles. The summed E-state index contributed by atoms with van der Waals surface area (Å²) in [7, 11) is 0. The molecule has 2 amide bonds. The fourth-order valence-corrected chi connectivity index (χ4v) is 4.35. The minimum Gasteiger partial charge on any atom is -0.447 e. The van der Waals surface area contributed by atoms with Crippen molar-refractivity contribution in [2.75, 3.05) is 42.6 Å². The normalized spacial score (nSPS) is 21.8. The van der Waals surface area contributed by atoms with E-state index < -0.39 is 11.9 Å². The van der Waals surface area contributed by atoms with Crippen LogP contribution in [0.25, 0.3) is 0 Å². The van der Waals surface area contributed by atoms with Crippen molar-refractivity contribution in [2.24, 2.45) is 5.92 Å². The van der Waals surface area contributed by atoms with Crippen LogP contribution >= 0.6 is 0 Å². The van der Waals surface area contributed by atoms with Gasteiger partial charge in [-0.2, -0.15) is 4.98 Å².